The first-order valence-electron chi connectivity index (χ1n) is 9.02. The molecule has 11 heteroatoms. The van der Waals surface area contributed by atoms with Crippen molar-refractivity contribution in [1.29, 1.82) is 0 Å². The quantitative estimate of drug-likeness (QED) is 0.312. The number of nitrogens with zero attached hydrogens (tertiary/aromatic N) is 3. The van der Waals surface area contributed by atoms with Crippen LogP contribution in [0.3, 0.4) is 0 Å². The van der Waals surface area contributed by atoms with E-state index in [1.165, 1.54) is 16.9 Å². The molecular weight excluding hydrogens is 447 g/mol. The summed E-state index contributed by atoms with van der Waals surface area (Å²) in [6.07, 6.45) is 1.48. The molecule has 9 nitrogen and oxygen atoms in total. The number of non-ortho nitro benzene ring substituents is 1. The zero-order valence-electron chi connectivity index (χ0n) is 16.2. The van der Waals surface area contributed by atoms with Crippen LogP contribution in [0, 0.1) is 10.1 Å². The van der Waals surface area contributed by atoms with E-state index >= 15 is 0 Å². The normalized spacial score (nSPS) is 10.5. The molecule has 0 saturated heterocycles. The van der Waals surface area contributed by atoms with E-state index in [0.717, 1.165) is 17.7 Å². The van der Waals surface area contributed by atoms with Gasteiger partial charge in [-0.2, -0.15) is 5.10 Å². The van der Waals surface area contributed by atoms with Crippen LogP contribution < -0.4 is 5.32 Å². The second kappa shape index (κ2) is 9.59. The fourth-order valence-electron chi connectivity index (χ4n) is 2.74. The molecule has 1 aromatic heterocycles. The molecule has 1 N–H and O–H groups in total. The van der Waals surface area contributed by atoms with E-state index in [9.17, 15) is 19.7 Å². The Bertz CT molecular complexity index is 1160. The number of rotatable bonds is 7. The van der Waals surface area contributed by atoms with Gasteiger partial charge in [0.25, 0.3) is 11.6 Å². The number of carbonyl (C=O) groups is 2. The van der Waals surface area contributed by atoms with E-state index in [0.29, 0.717) is 15.9 Å². The summed E-state index contributed by atoms with van der Waals surface area (Å²) in [5.74, 6) is -1.08. The molecule has 3 aromatic rings. The number of esters is 1. The number of hydrogen-bond donors (Lipinski definition) is 1. The van der Waals surface area contributed by atoms with Gasteiger partial charge in [-0.05, 0) is 30.7 Å². The number of nitro benzene ring substituents is 1. The molecule has 2 aromatic carbocycles. The molecule has 0 fully saturated rings. The number of benzene rings is 2. The van der Waals surface area contributed by atoms with E-state index < -0.39 is 22.5 Å². The van der Waals surface area contributed by atoms with Crippen LogP contribution in [0.5, 0.6) is 0 Å². The maximum absolute atomic E-state index is 12.8. The van der Waals surface area contributed by atoms with E-state index in [1.807, 2.05) is 0 Å². The zero-order valence-corrected chi connectivity index (χ0v) is 17.7. The number of ether oxygens (including phenoxy) is 1. The molecule has 0 atom stereocenters. The van der Waals surface area contributed by atoms with Gasteiger partial charge in [0.05, 0.1) is 29.8 Å². The zero-order chi connectivity index (χ0) is 22.5. The molecule has 0 bridgehead atoms. The Labute approximate surface area is 186 Å². The van der Waals surface area contributed by atoms with E-state index in [4.69, 9.17) is 27.9 Å². The minimum Gasteiger partial charge on any atom is -0.462 e. The largest absolute Gasteiger partial charge is 0.462 e. The second-order valence-electron chi connectivity index (χ2n) is 6.31. The average Bonchev–Trinajstić information content (AvgIpc) is 3.16. The van der Waals surface area contributed by atoms with Crippen LogP contribution in [-0.4, -0.2) is 33.2 Å². The van der Waals surface area contributed by atoms with Crippen LogP contribution in [0.25, 0.3) is 0 Å². The van der Waals surface area contributed by atoms with E-state index in [-0.39, 0.29) is 24.3 Å². The third-order valence-corrected chi connectivity index (χ3v) is 4.78. The van der Waals surface area contributed by atoms with Gasteiger partial charge in [-0.15, -0.1) is 0 Å². The van der Waals surface area contributed by atoms with Gasteiger partial charge in [-0.3, -0.25) is 14.9 Å². The molecule has 0 saturated carbocycles. The lowest BCUT2D eigenvalue weighted by atomic mass is 10.1. The molecule has 0 radical (unpaired) electrons. The number of nitro groups is 1. The summed E-state index contributed by atoms with van der Waals surface area (Å²) >= 11 is 12.1. The topological polar surface area (TPSA) is 116 Å². The van der Waals surface area contributed by atoms with Gasteiger partial charge in [0.15, 0.2) is 0 Å². The van der Waals surface area contributed by atoms with Crippen LogP contribution in [0.4, 0.5) is 11.5 Å². The first-order chi connectivity index (χ1) is 14.8. The van der Waals surface area contributed by atoms with Crippen LogP contribution >= 0.6 is 23.2 Å². The fourth-order valence-corrected chi connectivity index (χ4v) is 3.21. The predicted octanol–water partition coefficient (Wildman–Crippen LogP) is 4.58. The number of halogens is 2. The van der Waals surface area contributed by atoms with Gasteiger partial charge < -0.3 is 10.1 Å². The van der Waals surface area contributed by atoms with Gasteiger partial charge in [-0.1, -0.05) is 29.3 Å². The number of carbonyl (C=O) groups excluding carboxylic acids is 2. The van der Waals surface area contributed by atoms with Crippen molar-refractivity contribution in [1.82, 2.24) is 9.78 Å². The molecule has 160 valence electrons. The van der Waals surface area contributed by atoms with E-state index in [1.54, 1.807) is 31.2 Å². The van der Waals surface area contributed by atoms with Crippen LogP contribution in [0.15, 0.2) is 48.7 Å². The predicted molar refractivity (Wildman–Crippen MR) is 115 cm³/mol. The number of aromatic nitrogens is 2. The van der Waals surface area contributed by atoms with Crippen LogP contribution in [0.1, 0.15) is 33.2 Å². The lowest BCUT2D eigenvalue weighted by Crippen LogP contribution is -2.17. The van der Waals surface area contributed by atoms with Crippen LogP contribution in [-0.2, 0) is 11.3 Å². The summed E-state index contributed by atoms with van der Waals surface area (Å²) < 4.78 is 6.38. The summed E-state index contributed by atoms with van der Waals surface area (Å²) in [5, 5.41) is 19.0. The minimum atomic E-state index is -0.761. The molecule has 0 spiro atoms. The third-order valence-electron chi connectivity index (χ3n) is 4.20. The highest BCUT2D eigenvalue weighted by Crippen LogP contribution is 2.23. The number of hydrogen-bond acceptors (Lipinski definition) is 6. The van der Waals surface area contributed by atoms with Crippen molar-refractivity contribution in [3.8, 4) is 0 Å². The van der Waals surface area contributed by atoms with Crippen molar-refractivity contribution >= 4 is 46.6 Å². The Hall–Kier alpha value is -3.43. The minimum absolute atomic E-state index is 0.0745. The number of anilines is 1. The second-order valence-corrected chi connectivity index (χ2v) is 7.15. The standard InChI is InChI=1S/C20H16Cl2N4O5/c1-2-31-20(28)14-7-13(8-16(9-14)26(29)30)19(27)24-18-5-6-23-25(18)11-12-3-4-15(21)10-17(12)22/h3-10H,2,11H2,1H3,(H,24,27). The van der Waals surface area contributed by atoms with Gasteiger partial charge >= 0.3 is 5.97 Å². The highest BCUT2D eigenvalue weighted by atomic mass is 35.5. The molecule has 1 heterocycles. The van der Waals surface area contributed by atoms with Crippen molar-refractivity contribution in [2.75, 3.05) is 11.9 Å². The van der Waals surface area contributed by atoms with Gasteiger partial charge in [0.2, 0.25) is 0 Å². The van der Waals surface area contributed by atoms with Crippen LogP contribution in [0.2, 0.25) is 10.0 Å². The molecule has 0 unspecified atom stereocenters. The Morgan fingerprint density at radius 2 is 1.90 bits per heavy atom. The summed E-state index contributed by atoms with van der Waals surface area (Å²) in [7, 11) is 0. The fraction of sp³-hybridized carbons (Fsp3) is 0.150. The molecule has 0 aliphatic rings. The molecular formula is C20H16Cl2N4O5. The molecule has 31 heavy (non-hydrogen) atoms. The Morgan fingerprint density at radius 3 is 2.58 bits per heavy atom. The highest BCUT2D eigenvalue weighted by molar-refractivity contribution is 6.35. The summed E-state index contributed by atoms with van der Waals surface area (Å²) in [4.78, 5) is 35.3. The molecule has 0 aliphatic carbocycles. The van der Waals surface area contributed by atoms with Crippen molar-refractivity contribution in [2.45, 2.75) is 13.5 Å². The molecule has 1 amide bonds. The maximum atomic E-state index is 12.8. The Kier molecular flexibility index (Phi) is 6.88. The van der Waals surface area contributed by atoms with E-state index in [2.05, 4.69) is 10.4 Å². The van der Waals surface area contributed by atoms with Gasteiger partial charge in [0, 0.05) is 33.8 Å². The number of nitrogens with one attached hydrogen (secondary N) is 1. The number of amides is 1. The smallest absolute Gasteiger partial charge is 0.338 e. The molecule has 3 rings (SSSR count). The highest BCUT2D eigenvalue weighted by Gasteiger charge is 2.20. The van der Waals surface area contributed by atoms with Crippen molar-refractivity contribution in [3.05, 3.63) is 85.5 Å². The summed E-state index contributed by atoms with van der Waals surface area (Å²) in [6.45, 7) is 1.95. The summed E-state index contributed by atoms with van der Waals surface area (Å²) in [5.41, 5.74) is 0.152. The van der Waals surface area contributed by atoms with Crippen molar-refractivity contribution in [3.63, 3.8) is 0 Å². The Morgan fingerprint density at radius 1 is 1.16 bits per heavy atom. The van der Waals surface area contributed by atoms with Gasteiger partial charge in [0.1, 0.15) is 5.82 Å². The SMILES string of the molecule is CCOC(=O)c1cc(C(=O)Nc2ccnn2Cc2ccc(Cl)cc2Cl)cc([N+](=O)[O-])c1. The third kappa shape index (κ3) is 5.39. The summed E-state index contributed by atoms with van der Waals surface area (Å²) in [6, 6.07) is 9.95. The first-order valence-corrected chi connectivity index (χ1v) is 9.77. The molecule has 0 aliphatic heterocycles. The lowest BCUT2D eigenvalue weighted by molar-refractivity contribution is -0.384. The first kappa shape index (κ1) is 22.3. The van der Waals surface area contributed by atoms with Gasteiger partial charge in [-0.25, -0.2) is 9.48 Å². The monoisotopic (exact) mass is 462 g/mol. The lowest BCUT2D eigenvalue weighted by Gasteiger charge is -2.11. The maximum Gasteiger partial charge on any atom is 0.338 e. The van der Waals surface area contributed by atoms with Crippen molar-refractivity contribution < 1.29 is 19.2 Å². The average molecular weight is 463 g/mol. The Balaban J connectivity index is 1.86. The van der Waals surface area contributed by atoms with Crippen molar-refractivity contribution in [2.24, 2.45) is 0 Å².